The number of nitrogens with one attached hydrogen (secondary N) is 2. The Labute approximate surface area is 149 Å². The first kappa shape index (κ1) is 16.8. The van der Waals surface area contributed by atoms with Gasteiger partial charge in [-0.2, -0.15) is 0 Å². The summed E-state index contributed by atoms with van der Waals surface area (Å²) < 4.78 is 1.43. The van der Waals surface area contributed by atoms with Gasteiger partial charge in [0.2, 0.25) is 0 Å². The van der Waals surface area contributed by atoms with Crippen molar-refractivity contribution in [3.8, 4) is 0 Å². The number of aromatic amines is 2. The van der Waals surface area contributed by atoms with E-state index in [0.717, 1.165) is 18.6 Å². The molecule has 0 spiro atoms. The Morgan fingerprint density at radius 3 is 2.92 bits per heavy atom. The molecule has 2 aromatic heterocycles. The van der Waals surface area contributed by atoms with E-state index in [-0.39, 0.29) is 0 Å². The van der Waals surface area contributed by atoms with Crippen LogP contribution in [-0.2, 0) is 6.54 Å². The number of aromatic nitrogens is 3. The Morgan fingerprint density at radius 2 is 2.12 bits per heavy atom. The molecule has 136 valence electrons. The van der Waals surface area contributed by atoms with Gasteiger partial charge in [-0.05, 0) is 31.0 Å². The third-order valence-electron chi connectivity index (χ3n) is 5.35. The van der Waals surface area contributed by atoms with Crippen LogP contribution in [0, 0.1) is 0 Å². The van der Waals surface area contributed by atoms with Gasteiger partial charge in [0.15, 0.2) is 0 Å². The molecule has 3 N–H and O–H groups in total. The molecule has 0 saturated carbocycles. The third-order valence-corrected chi connectivity index (χ3v) is 5.35. The highest BCUT2D eigenvalue weighted by atomic mass is 16.3. The number of nitrogens with zero attached hydrogens (tertiary/aromatic N) is 2. The number of fused-ring (bicyclic) bond motifs is 1. The molecule has 26 heavy (non-hydrogen) atoms. The lowest BCUT2D eigenvalue weighted by Crippen LogP contribution is -2.53. The molecule has 1 fully saturated rings. The Hall–Kier alpha value is -2.64. The number of benzene rings is 1. The van der Waals surface area contributed by atoms with E-state index in [1.807, 2.05) is 18.3 Å². The topological polar surface area (TPSA) is 94.1 Å². The number of hydrogen-bond acceptors (Lipinski definition) is 4. The molecule has 1 aliphatic rings. The highest BCUT2D eigenvalue weighted by Crippen LogP contribution is 2.32. The number of rotatable bonds is 3. The summed E-state index contributed by atoms with van der Waals surface area (Å²) in [4.78, 5) is 31.3. The minimum absolute atomic E-state index is 0.425. The first-order valence-electron chi connectivity index (χ1n) is 8.75. The van der Waals surface area contributed by atoms with Crippen molar-refractivity contribution in [2.75, 3.05) is 13.1 Å². The molecule has 4 rings (SSSR count). The van der Waals surface area contributed by atoms with Gasteiger partial charge in [-0.15, -0.1) is 0 Å². The molecule has 1 saturated heterocycles. The van der Waals surface area contributed by atoms with Crippen molar-refractivity contribution in [1.82, 2.24) is 19.4 Å². The Kier molecular flexibility index (Phi) is 4.05. The predicted octanol–water partition coefficient (Wildman–Crippen LogP) is 1.22. The molecule has 7 nitrogen and oxygen atoms in total. The van der Waals surface area contributed by atoms with Crippen LogP contribution in [0.3, 0.4) is 0 Å². The first-order chi connectivity index (χ1) is 12.4. The number of piperidine rings is 1. The molecule has 2 atom stereocenters. The second-order valence-electron chi connectivity index (χ2n) is 7.23. The number of hydrogen-bond donors (Lipinski definition) is 3. The molecule has 0 radical (unpaired) electrons. The average molecular weight is 354 g/mol. The molecule has 0 aliphatic carbocycles. The van der Waals surface area contributed by atoms with Crippen molar-refractivity contribution in [2.24, 2.45) is 0 Å². The number of likely N-dealkylation sites (tertiary alicyclic amines) is 1. The maximum atomic E-state index is 12.2. The van der Waals surface area contributed by atoms with E-state index in [1.54, 1.807) is 6.92 Å². The van der Waals surface area contributed by atoms with Crippen molar-refractivity contribution < 1.29 is 5.11 Å². The summed E-state index contributed by atoms with van der Waals surface area (Å²) >= 11 is 0. The summed E-state index contributed by atoms with van der Waals surface area (Å²) in [7, 11) is 0. The fourth-order valence-corrected chi connectivity index (χ4v) is 3.82. The summed E-state index contributed by atoms with van der Waals surface area (Å²) in [5, 5.41) is 12.0. The first-order valence-corrected chi connectivity index (χ1v) is 8.75. The molecule has 1 aromatic carbocycles. The van der Waals surface area contributed by atoms with Gasteiger partial charge in [-0.3, -0.25) is 19.2 Å². The lowest BCUT2D eigenvalue weighted by Gasteiger charge is -2.43. The quantitative estimate of drug-likeness (QED) is 0.659. The molecular weight excluding hydrogens is 332 g/mol. The van der Waals surface area contributed by atoms with Crippen LogP contribution in [-0.4, -0.2) is 43.2 Å². The van der Waals surface area contributed by atoms with Crippen molar-refractivity contribution in [3.05, 3.63) is 69.1 Å². The predicted molar refractivity (Wildman–Crippen MR) is 99.2 cm³/mol. The summed E-state index contributed by atoms with van der Waals surface area (Å²) in [5.74, 6) is 0. The second-order valence-corrected chi connectivity index (χ2v) is 7.23. The maximum absolute atomic E-state index is 12.2. The van der Waals surface area contributed by atoms with Crippen LogP contribution >= 0.6 is 0 Å². The zero-order chi connectivity index (χ0) is 18.3. The molecule has 0 bridgehead atoms. The van der Waals surface area contributed by atoms with Gasteiger partial charge >= 0.3 is 5.69 Å². The zero-order valence-corrected chi connectivity index (χ0v) is 14.6. The van der Waals surface area contributed by atoms with Gasteiger partial charge in [0.1, 0.15) is 0 Å². The average Bonchev–Trinajstić information content (AvgIpc) is 3.07. The molecule has 7 heteroatoms. The number of aliphatic hydroxyl groups is 1. The SMILES string of the molecule is C[C@@]1(O)CCN(Cc2cccc3[nH]ccc23)C[C@H]1n1ccc(=O)[nH]c1=O. The largest absolute Gasteiger partial charge is 0.388 e. The minimum Gasteiger partial charge on any atom is -0.388 e. The van der Waals surface area contributed by atoms with E-state index in [4.69, 9.17) is 0 Å². The van der Waals surface area contributed by atoms with Crippen molar-refractivity contribution >= 4 is 10.9 Å². The van der Waals surface area contributed by atoms with E-state index >= 15 is 0 Å². The molecule has 1 aliphatic heterocycles. The fraction of sp³-hybridized carbons (Fsp3) is 0.368. The fourth-order valence-electron chi connectivity index (χ4n) is 3.82. The van der Waals surface area contributed by atoms with Gasteiger partial charge in [0.05, 0.1) is 11.6 Å². The second kappa shape index (κ2) is 6.26. The highest BCUT2D eigenvalue weighted by molar-refractivity contribution is 5.82. The van der Waals surface area contributed by atoms with Gasteiger partial charge in [-0.1, -0.05) is 12.1 Å². The Morgan fingerprint density at radius 1 is 1.27 bits per heavy atom. The van der Waals surface area contributed by atoms with Crippen LogP contribution in [0.25, 0.3) is 10.9 Å². The zero-order valence-electron chi connectivity index (χ0n) is 14.6. The van der Waals surface area contributed by atoms with Crippen LogP contribution in [0.4, 0.5) is 0 Å². The minimum atomic E-state index is -1.02. The van der Waals surface area contributed by atoms with Gasteiger partial charge in [0.25, 0.3) is 5.56 Å². The summed E-state index contributed by atoms with van der Waals surface area (Å²) in [6.07, 6.45) is 3.95. The highest BCUT2D eigenvalue weighted by Gasteiger charge is 2.39. The molecule has 0 unspecified atom stereocenters. The van der Waals surface area contributed by atoms with Gasteiger partial charge in [0, 0.05) is 49.0 Å². The van der Waals surface area contributed by atoms with Crippen LogP contribution in [0.15, 0.2) is 52.3 Å². The molecule has 3 heterocycles. The van der Waals surface area contributed by atoms with Gasteiger partial charge < -0.3 is 10.1 Å². The van der Waals surface area contributed by atoms with Crippen LogP contribution in [0.2, 0.25) is 0 Å². The van der Waals surface area contributed by atoms with Crippen LogP contribution in [0.5, 0.6) is 0 Å². The Bertz CT molecular complexity index is 1050. The third kappa shape index (κ3) is 3.00. The van der Waals surface area contributed by atoms with Crippen molar-refractivity contribution in [2.45, 2.75) is 31.5 Å². The van der Waals surface area contributed by atoms with Crippen LogP contribution < -0.4 is 11.2 Å². The van der Waals surface area contributed by atoms with Crippen molar-refractivity contribution in [1.29, 1.82) is 0 Å². The monoisotopic (exact) mass is 354 g/mol. The maximum Gasteiger partial charge on any atom is 0.328 e. The summed E-state index contributed by atoms with van der Waals surface area (Å²) in [6.45, 7) is 3.75. The Balaban J connectivity index is 1.63. The smallest absolute Gasteiger partial charge is 0.328 e. The van der Waals surface area contributed by atoms with E-state index in [9.17, 15) is 14.7 Å². The van der Waals surface area contributed by atoms with E-state index in [2.05, 4.69) is 27.0 Å². The van der Waals surface area contributed by atoms with E-state index in [1.165, 1.54) is 27.8 Å². The normalized spacial score (nSPS) is 24.2. The van der Waals surface area contributed by atoms with Gasteiger partial charge in [-0.25, -0.2) is 4.79 Å². The van der Waals surface area contributed by atoms with E-state index < -0.39 is 22.9 Å². The summed E-state index contributed by atoms with van der Waals surface area (Å²) in [6, 6.07) is 9.13. The van der Waals surface area contributed by atoms with Crippen molar-refractivity contribution in [3.63, 3.8) is 0 Å². The molecular formula is C19H22N4O3. The van der Waals surface area contributed by atoms with Crippen LogP contribution in [0.1, 0.15) is 24.9 Å². The lowest BCUT2D eigenvalue weighted by molar-refractivity contribution is -0.0541. The summed E-state index contributed by atoms with van der Waals surface area (Å²) in [5.41, 5.74) is 0.367. The molecule has 3 aromatic rings. The van der Waals surface area contributed by atoms with E-state index in [0.29, 0.717) is 13.0 Å². The molecule has 0 amide bonds. The standard InChI is InChI=1S/C19H22N4O3/c1-19(26)7-10-22(11-13-3-2-4-15-14(13)5-8-20-15)12-16(19)23-9-6-17(24)21-18(23)25/h2-6,8-9,16,20,26H,7,10-12H2,1H3,(H,21,24,25)/t16-,19-/m1/s1. The lowest BCUT2D eigenvalue weighted by atomic mass is 9.88. The number of H-pyrrole nitrogens is 2.